The number of nitrogens with zero attached hydrogens (tertiary/aromatic N) is 5. The molecule has 1 heterocycles. The Labute approximate surface area is 176 Å². The maximum absolute atomic E-state index is 12.7. The van der Waals surface area contributed by atoms with E-state index >= 15 is 0 Å². The van der Waals surface area contributed by atoms with Crippen molar-refractivity contribution in [3.63, 3.8) is 0 Å². The Morgan fingerprint density at radius 3 is 2.60 bits per heavy atom. The number of benzene rings is 2. The molecule has 0 saturated carbocycles. The molecule has 0 spiro atoms. The molecule has 0 radical (unpaired) electrons. The van der Waals surface area contributed by atoms with Crippen molar-refractivity contribution in [3.05, 3.63) is 74.6 Å². The molecule has 10 nitrogen and oxygen atoms in total. The van der Waals surface area contributed by atoms with E-state index in [1.165, 1.54) is 39.9 Å². The summed E-state index contributed by atoms with van der Waals surface area (Å²) in [4.78, 5) is 36.8. The van der Waals surface area contributed by atoms with Crippen LogP contribution >= 0.6 is 11.6 Å². The molecule has 1 aromatic heterocycles. The molecule has 154 valence electrons. The van der Waals surface area contributed by atoms with Gasteiger partial charge in [-0.05, 0) is 31.2 Å². The summed E-state index contributed by atoms with van der Waals surface area (Å²) in [6.07, 6.45) is 0. The lowest BCUT2D eigenvalue weighted by Crippen LogP contribution is -2.22. The van der Waals surface area contributed by atoms with Gasteiger partial charge in [-0.3, -0.25) is 19.7 Å². The van der Waals surface area contributed by atoms with E-state index in [-0.39, 0.29) is 28.0 Å². The van der Waals surface area contributed by atoms with Crippen molar-refractivity contribution in [1.82, 2.24) is 19.9 Å². The first kappa shape index (κ1) is 20.9. The van der Waals surface area contributed by atoms with Crippen molar-refractivity contribution in [3.8, 4) is 5.69 Å². The summed E-state index contributed by atoms with van der Waals surface area (Å²) in [5.74, 6) is -0.824. The maximum atomic E-state index is 12.7. The van der Waals surface area contributed by atoms with Crippen LogP contribution in [0.1, 0.15) is 26.5 Å². The SMILES string of the molecule is Cc1c(C(=O)Nc2cc(C(=O)N(C)C)ccc2Cl)nnn1-c1cccc([N+](=O)[O-])c1. The standard InChI is InChI=1S/C19H17ClN6O4/c1-11-17(22-23-25(11)13-5-4-6-14(10-13)26(29)30)18(27)21-16-9-12(7-8-15(16)20)19(28)24(2)3/h4-10H,1-3H3,(H,21,27). The molecule has 0 unspecified atom stereocenters. The molecule has 0 aliphatic carbocycles. The molecule has 3 rings (SSSR count). The highest BCUT2D eigenvalue weighted by Crippen LogP contribution is 2.25. The first-order chi connectivity index (χ1) is 14.2. The number of non-ortho nitro benzene ring substituents is 1. The minimum Gasteiger partial charge on any atom is -0.345 e. The monoisotopic (exact) mass is 428 g/mol. The van der Waals surface area contributed by atoms with Crippen molar-refractivity contribution in [1.29, 1.82) is 0 Å². The van der Waals surface area contributed by atoms with Crippen LogP contribution < -0.4 is 5.32 Å². The summed E-state index contributed by atoms with van der Waals surface area (Å²) in [7, 11) is 3.23. The van der Waals surface area contributed by atoms with Gasteiger partial charge < -0.3 is 10.2 Å². The van der Waals surface area contributed by atoms with Gasteiger partial charge in [0.25, 0.3) is 17.5 Å². The van der Waals surface area contributed by atoms with Crippen LogP contribution in [0.2, 0.25) is 5.02 Å². The Morgan fingerprint density at radius 2 is 1.93 bits per heavy atom. The van der Waals surface area contributed by atoms with Crippen LogP contribution in [0.4, 0.5) is 11.4 Å². The topological polar surface area (TPSA) is 123 Å². The van der Waals surface area contributed by atoms with Gasteiger partial charge >= 0.3 is 0 Å². The molecule has 0 fully saturated rings. The smallest absolute Gasteiger partial charge is 0.278 e. The fourth-order valence-corrected chi connectivity index (χ4v) is 2.88. The van der Waals surface area contributed by atoms with Gasteiger partial charge in [-0.25, -0.2) is 4.68 Å². The van der Waals surface area contributed by atoms with Gasteiger partial charge in [0.1, 0.15) is 0 Å². The van der Waals surface area contributed by atoms with Crippen LogP contribution in [0.5, 0.6) is 0 Å². The quantitative estimate of drug-likeness (QED) is 0.492. The number of hydrogen-bond acceptors (Lipinski definition) is 6. The van der Waals surface area contributed by atoms with E-state index in [1.807, 2.05) is 0 Å². The zero-order valence-electron chi connectivity index (χ0n) is 16.3. The summed E-state index contributed by atoms with van der Waals surface area (Å²) < 4.78 is 1.33. The third-order valence-corrected chi connectivity index (χ3v) is 4.59. The fourth-order valence-electron chi connectivity index (χ4n) is 2.72. The first-order valence-electron chi connectivity index (χ1n) is 8.68. The number of nitro groups is 1. The molecule has 3 aromatic rings. The summed E-state index contributed by atoms with van der Waals surface area (Å²) in [5, 5.41) is 21.7. The Morgan fingerprint density at radius 1 is 1.20 bits per heavy atom. The van der Waals surface area contributed by atoms with Crippen molar-refractivity contribution in [2.24, 2.45) is 0 Å². The van der Waals surface area contributed by atoms with Gasteiger partial charge in [0, 0.05) is 31.8 Å². The van der Waals surface area contributed by atoms with E-state index in [1.54, 1.807) is 33.2 Å². The van der Waals surface area contributed by atoms with Gasteiger partial charge in [-0.2, -0.15) is 0 Å². The summed E-state index contributed by atoms with van der Waals surface area (Å²) in [5.41, 5.74) is 1.29. The lowest BCUT2D eigenvalue weighted by atomic mass is 10.1. The number of rotatable bonds is 5. The number of carbonyl (C=O) groups excluding carboxylic acids is 2. The van der Waals surface area contributed by atoms with Crippen LogP contribution in [-0.2, 0) is 0 Å². The summed E-state index contributed by atoms with van der Waals surface area (Å²) in [6.45, 7) is 1.61. The van der Waals surface area contributed by atoms with Crippen LogP contribution in [-0.4, -0.2) is 50.7 Å². The van der Waals surface area contributed by atoms with E-state index < -0.39 is 10.8 Å². The molecule has 11 heteroatoms. The predicted molar refractivity (Wildman–Crippen MR) is 110 cm³/mol. The van der Waals surface area contributed by atoms with Crippen molar-refractivity contribution >= 4 is 34.8 Å². The second-order valence-corrected chi connectivity index (χ2v) is 6.97. The van der Waals surface area contributed by atoms with E-state index in [2.05, 4.69) is 15.6 Å². The Hall–Kier alpha value is -3.79. The van der Waals surface area contributed by atoms with E-state index in [0.29, 0.717) is 16.9 Å². The van der Waals surface area contributed by atoms with Crippen molar-refractivity contribution < 1.29 is 14.5 Å². The zero-order chi connectivity index (χ0) is 22.0. The number of hydrogen-bond donors (Lipinski definition) is 1. The molecule has 1 N–H and O–H groups in total. The molecule has 0 aliphatic heterocycles. The second kappa shape index (κ2) is 8.29. The lowest BCUT2D eigenvalue weighted by molar-refractivity contribution is -0.384. The van der Waals surface area contributed by atoms with Crippen LogP contribution in [0.15, 0.2) is 42.5 Å². The zero-order valence-corrected chi connectivity index (χ0v) is 17.0. The second-order valence-electron chi connectivity index (χ2n) is 6.56. The number of nitrogens with one attached hydrogen (secondary N) is 1. The largest absolute Gasteiger partial charge is 0.345 e. The number of amides is 2. The average molecular weight is 429 g/mol. The van der Waals surface area contributed by atoms with Crippen LogP contribution in [0, 0.1) is 17.0 Å². The van der Waals surface area contributed by atoms with E-state index in [9.17, 15) is 19.7 Å². The van der Waals surface area contributed by atoms with Gasteiger partial charge in [0.05, 0.1) is 27.0 Å². The van der Waals surface area contributed by atoms with Gasteiger partial charge in [0.15, 0.2) is 5.69 Å². The molecule has 30 heavy (non-hydrogen) atoms. The normalized spacial score (nSPS) is 10.5. The molecule has 2 aromatic carbocycles. The van der Waals surface area contributed by atoms with Crippen LogP contribution in [0.25, 0.3) is 5.69 Å². The molecule has 0 bridgehead atoms. The molecule has 0 atom stereocenters. The highest BCUT2D eigenvalue weighted by atomic mass is 35.5. The summed E-state index contributed by atoms with van der Waals surface area (Å²) >= 11 is 6.16. The first-order valence-corrected chi connectivity index (χ1v) is 9.06. The number of nitro benzene ring substituents is 1. The van der Waals surface area contributed by atoms with Gasteiger partial charge in [-0.1, -0.05) is 22.9 Å². The van der Waals surface area contributed by atoms with Crippen molar-refractivity contribution in [2.45, 2.75) is 6.92 Å². The highest BCUT2D eigenvalue weighted by Gasteiger charge is 2.20. The predicted octanol–water partition coefficient (Wildman–Crippen LogP) is 3.09. The van der Waals surface area contributed by atoms with Gasteiger partial charge in [-0.15, -0.1) is 5.10 Å². The van der Waals surface area contributed by atoms with Gasteiger partial charge in [0.2, 0.25) is 0 Å². The number of carbonyl (C=O) groups is 2. The Kier molecular flexibility index (Phi) is 5.79. The minimum absolute atomic E-state index is 0.0157. The Bertz CT molecular complexity index is 1160. The van der Waals surface area contributed by atoms with E-state index in [4.69, 9.17) is 11.6 Å². The lowest BCUT2D eigenvalue weighted by Gasteiger charge is -2.12. The number of halogens is 1. The average Bonchev–Trinajstić information content (AvgIpc) is 3.10. The third kappa shape index (κ3) is 4.13. The molecule has 2 amide bonds. The summed E-state index contributed by atoms with van der Waals surface area (Å²) in [6, 6.07) is 10.4. The molecular weight excluding hydrogens is 412 g/mol. The maximum Gasteiger partial charge on any atom is 0.278 e. The van der Waals surface area contributed by atoms with Crippen molar-refractivity contribution in [2.75, 3.05) is 19.4 Å². The molecular formula is C19H17ClN6O4. The van der Waals surface area contributed by atoms with Crippen LogP contribution in [0.3, 0.4) is 0 Å². The third-order valence-electron chi connectivity index (χ3n) is 4.26. The fraction of sp³-hybridized carbons (Fsp3) is 0.158. The highest BCUT2D eigenvalue weighted by molar-refractivity contribution is 6.34. The minimum atomic E-state index is -0.583. The number of aromatic nitrogens is 3. The Balaban J connectivity index is 1.89. The molecule has 0 aliphatic rings. The van der Waals surface area contributed by atoms with E-state index in [0.717, 1.165) is 0 Å². The number of anilines is 1. The molecule has 0 saturated heterocycles.